The highest BCUT2D eigenvalue weighted by atomic mass is 15.1. The number of imidazole rings is 1. The summed E-state index contributed by atoms with van der Waals surface area (Å²) in [7, 11) is 2.24. The summed E-state index contributed by atoms with van der Waals surface area (Å²) in [5, 5.41) is 0. The Kier molecular flexibility index (Phi) is 28.6. The van der Waals surface area contributed by atoms with Crippen LogP contribution in [-0.2, 0) is 20.0 Å². The summed E-state index contributed by atoms with van der Waals surface area (Å²) >= 11 is 0. The summed E-state index contributed by atoms with van der Waals surface area (Å²) in [5.74, 6) is 1.54. The quantitative estimate of drug-likeness (QED) is 0.0584. The third-order valence-corrected chi connectivity index (χ3v) is 9.47. The molecule has 0 radical (unpaired) electrons. The van der Waals surface area contributed by atoms with Crippen molar-refractivity contribution in [2.24, 2.45) is 7.05 Å². The number of nitrogens with zero attached hydrogens (tertiary/aromatic N) is 2. The van der Waals surface area contributed by atoms with Crippen LogP contribution in [0.4, 0.5) is 0 Å². The summed E-state index contributed by atoms with van der Waals surface area (Å²) in [6.07, 6.45) is 50.6. The summed E-state index contributed by atoms with van der Waals surface area (Å²) in [6.45, 7) is 5.83. The molecule has 0 bridgehead atoms. The Labute approximate surface area is 259 Å². The summed E-state index contributed by atoms with van der Waals surface area (Å²) in [6, 6.07) is 0. The van der Waals surface area contributed by atoms with E-state index in [4.69, 9.17) is 0 Å². The minimum Gasteiger partial charge on any atom is -0.237 e. The molecule has 0 aliphatic heterocycles. The maximum Gasteiger partial charge on any atom is 0.256 e. The van der Waals surface area contributed by atoms with Gasteiger partial charge in [0.15, 0.2) is 0 Å². The standard InChI is InChI=1S/C39H77N2/c1-4-6-8-10-12-14-16-18-20-21-23-25-27-29-31-33-35-39-40(3)37-38-41(39)36-34-32-30-28-26-24-22-19-17-15-13-11-9-7-5-2/h37-38H,4-36H2,1-3H3/q+1. The predicted molar refractivity (Wildman–Crippen MR) is 184 cm³/mol. The second-order valence-corrected chi connectivity index (χ2v) is 13.5. The Balaban J connectivity index is 1.89. The Hall–Kier alpha value is -0.790. The average molecular weight is 574 g/mol. The van der Waals surface area contributed by atoms with Crippen molar-refractivity contribution in [1.82, 2.24) is 4.57 Å². The second kappa shape index (κ2) is 30.7. The Morgan fingerprint density at radius 3 is 1.05 bits per heavy atom. The number of aromatic nitrogens is 2. The zero-order chi connectivity index (χ0) is 29.5. The molecule has 0 fully saturated rings. The first-order valence-electron chi connectivity index (χ1n) is 19.3. The van der Waals surface area contributed by atoms with Gasteiger partial charge in [-0.25, -0.2) is 9.13 Å². The van der Waals surface area contributed by atoms with Crippen LogP contribution < -0.4 is 4.57 Å². The molecule has 0 unspecified atom stereocenters. The van der Waals surface area contributed by atoms with Crippen LogP contribution >= 0.6 is 0 Å². The van der Waals surface area contributed by atoms with Crippen molar-refractivity contribution in [2.45, 2.75) is 226 Å². The molecule has 41 heavy (non-hydrogen) atoms. The van der Waals surface area contributed by atoms with Crippen molar-refractivity contribution < 1.29 is 4.57 Å². The zero-order valence-corrected chi connectivity index (χ0v) is 28.9. The van der Waals surface area contributed by atoms with Crippen molar-refractivity contribution in [2.75, 3.05) is 0 Å². The molecule has 1 rings (SSSR count). The third kappa shape index (κ3) is 24.4. The van der Waals surface area contributed by atoms with Crippen LogP contribution in [0, 0.1) is 0 Å². The molecule has 0 saturated heterocycles. The average Bonchev–Trinajstić information content (AvgIpc) is 3.33. The highest BCUT2D eigenvalue weighted by Gasteiger charge is 2.13. The van der Waals surface area contributed by atoms with E-state index in [1.807, 2.05) is 0 Å². The largest absolute Gasteiger partial charge is 0.256 e. The molecule has 0 aliphatic rings. The van der Waals surface area contributed by atoms with E-state index >= 15 is 0 Å². The monoisotopic (exact) mass is 574 g/mol. The normalized spacial score (nSPS) is 11.6. The van der Waals surface area contributed by atoms with Crippen molar-refractivity contribution in [3.05, 3.63) is 18.2 Å². The lowest BCUT2D eigenvalue weighted by Gasteiger charge is -2.05. The van der Waals surface area contributed by atoms with E-state index in [0.29, 0.717) is 0 Å². The number of unbranched alkanes of at least 4 members (excludes halogenated alkanes) is 29. The van der Waals surface area contributed by atoms with Gasteiger partial charge in [-0.05, 0) is 19.3 Å². The van der Waals surface area contributed by atoms with Gasteiger partial charge >= 0.3 is 0 Å². The van der Waals surface area contributed by atoms with E-state index in [-0.39, 0.29) is 0 Å². The van der Waals surface area contributed by atoms with E-state index in [2.05, 4.69) is 42.4 Å². The summed E-state index contributed by atoms with van der Waals surface area (Å²) < 4.78 is 4.92. The highest BCUT2D eigenvalue weighted by Crippen LogP contribution is 2.16. The number of hydrogen-bond acceptors (Lipinski definition) is 0. The zero-order valence-electron chi connectivity index (χ0n) is 28.9. The molecular weight excluding hydrogens is 496 g/mol. The molecule has 242 valence electrons. The van der Waals surface area contributed by atoms with Crippen LogP contribution in [0.15, 0.2) is 12.4 Å². The lowest BCUT2D eigenvalue weighted by molar-refractivity contribution is -0.678. The van der Waals surface area contributed by atoms with Gasteiger partial charge < -0.3 is 0 Å². The molecule has 0 aliphatic carbocycles. The van der Waals surface area contributed by atoms with E-state index in [1.54, 1.807) is 5.82 Å². The molecule has 0 atom stereocenters. The topological polar surface area (TPSA) is 8.81 Å². The van der Waals surface area contributed by atoms with Gasteiger partial charge in [-0.1, -0.05) is 194 Å². The minimum atomic E-state index is 1.22. The summed E-state index contributed by atoms with van der Waals surface area (Å²) in [4.78, 5) is 0. The third-order valence-electron chi connectivity index (χ3n) is 9.47. The Morgan fingerprint density at radius 2 is 0.707 bits per heavy atom. The van der Waals surface area contributed by atoms with Crippen LogP contribution in [0.5, 0.6) is 0 Å². The van der Waals surface area contributed by atoms with Crippen LogP contribution in [0.25, 0.3) is 0 Å². The van der Waals surface area contributed by atoms with Crippen molar-refractivity contribution in [1.29, 1.82) is 0 Å². The molecule has 0 N–H and O–H groups in total. The van der Waals surface area contributed by atoms with Gasteiger partial charge in [0.2, 0.25) is 0 Å². The van der Waals surface area contributed by atoms with Gasteiger partial charge in [0.05, 0.1) is 13.6 Å². The molecule has 1 aromatic rings. The molecule has 0 spiro atoms. The highest BCUT2D eigenvalue weighted by molar-refractivity contribution is 4.84. The fourth-order valence-electron chi connectivity index (χ4n) is 6.56. The van der Waals surface area contributed by atoms with Gasteiger partial charge in [0, 0.05) is 6.42 Å². The number of aryl methyl sites for hydroxylation is 2. The fourth-order valence-corrected chi connectivity index (χ4v) is 6.56. The predicted octanol–water partition coefficient (Wildman–Crippen LogP) is 13.0. The van der Waals surface area contributed by atoms with E-state index in [9.17, 15) is 0 Å². The van der Waals surface area contributed by atoms with Crippen LogP contribution in [0.3, 0.4) is 0 Å². The molecule has 0 saturated carbocycles. The fraction of sp³-hybridized carbons (Fsp3) is 0.923. The van der Waals surface area contributed by atoms with Crippen LogP contribution in [-0.4, -0.2) is 4.57 Å². The van der Waals surface area contributed by atoms with E-state index in [1.165, 1.54) is 212 Å². The van der Waals surface area contributed by atoms with Gasteiger partial charge in [0.25, 0.3) is 5.82 Å². The molecule has 2 heteroatoms. The first-order chi connectivity index (χ1) is 20.3. The van der Waals surface area contributed by atoms with Crippen LogP contribution in [0.2, 0.25) is 0 Å². The molecular formula is C39H77N2+. The Bertz CT molecular complexity index is 634. The maximum absolute atomic E-state index is 2.55. The smallest absolute Gasteiger partial charge is 0.237 e. The van der Waals surface area contributed by atoms with Crippen LogP contribution in [0.1, 0.15) is 219 Å². The molecule has 1 heterocycles. The van der Waals surface area contributed by atoms with Gasteiger partial charge in [-0.15, -0.1) is 0 Å². The lowest BCUT2D eigenvalue weighted by Crippen LogP contribution is -2.32. The number of hydrogen-bond donors (Lipinski definition) is 0. The molecule has 0 amide bonds. The van der Waals surface area contributed by atoms with E-state index < -0.39 is 0 Å². The van der Waals surface area contributed by atoms with Gasteiger partial charge in [0.1, 0.15) is 12.4 Å². The van der Waals surface area contributed by atoms with Gasteiger partial charge in [-0.3, -0.25) is 0 Å². The first-order valence-corrected chi connectivity index (χ1v) is 19.3. The summed E-state index contributed by atoms with van der Waals surface area (Å²) in [5.41, 5.74) is 0. The van der Waals surface area contributed by atoms with Crippen molar-refractivity contribution >= 4 is 0 Å². The van der Waals surface area contributed by atoms with Gasteiger partial charge in [-0.2, -0.15) is 0 Å². The lowest BCUT2D eigenvalue weighted by atomic mass is 10.0. The Morgan fingerprint density at radius 1 is 0.415 bits per heavy atom. The first kappa shape index (κ1) is 38.2. The minimum absolute atomic E-state index is 1.22. The second-order valence-electron chi connectivity index (χ2n) is 13.5. The van der Waals surface area contributed by atoms with Crippen molar-refractivity contribution in [3.63, 3.8) is 0 Å². The number of rotatable bonds is 33. The molecule has 1 aromatic heterocycles. The SMILES string of the molecule is CCCCCCCCCCCCCCCCCCc1n(CCCCCCCCCCCCCCCCC)cc[n+]1C. The maximum atomic E-state index is 2.55. The molecule has 2 nitrogen and oxygen atoms in total. The van der Waals surface area contributed by atoms with Crippen molar-refractivity contribution in [3.8, 4) is 0 Å². The molecule has 0 aromatic carbocycles. The van der Waals surface area contributed by atoms with E-state index in [0.717, 1.165) is 0 Å².